The van der Waals surface area contributed by atoms with Crippen molar-refractivity contribution in [2.24, 2.45) is 0 Å². The minimum Gasteiger partial charge on any atom is -0.309 e. The lowest BCUT2D eigenvalue weighted by Gasteiger charge is -2.27. The molecule has 47 heavy (non-hydrogen) atoms. The van der Waals surface area contributed by atoms with E-state index in [0.29, 0.717) is 0 Å². The summed E-state index contributed by atoms with van der Waals surface area (Å²) >= 11 is 0. The fourth-order valence-corrected chi connectivity index (χ4v) is 9.44. The van der Waals surface area contributed by atoms with E-state index in [1.54, 1.807) is 0 Å². The molecule has 0 N–H and O–H groups in total. The second kappa shape index (κ2) is 11.6. The molecule has 0 bridgehead atoms. The Kier molecular flexibility index (Phi) is 6.81. The van der Waals surface area contributed by atoms with Crippen molar-refractivity contribution in [2.75, 3.05) is 4.90 Å². The second-order valence-electron chi connectivity index (χ2n) is 11.8. The van der Waals surface area contributed by atoms with Crippen molar-refractivity contribution < 1.29 is 0 Å². The number of hydrogen-bond donors (Lipinski definition) is 0. The lowest BCUT2D eigenvalue weighted by Crippen LogP contribution is -2.20. The van der Waals surface area contributed by atoms with Gasteiger partial charge in [-0.2, -0.15) is 0 Å². The quantitative estimate of drug-likeness (QED) is 0.174. The molecule has 0 amide bonds. The molecule has 1 aromatic heterocycles. The molecule has 1 aliphatic heterocycles. The van der Waals surface area contributed by atoms with E-state index >= 15 is 0 Å². The molecule has 0 fully saturated rings. The summed E-state index contributed by atoms with van der Waals surface area (Å²) in [5, 5.41) is 5.30. The van der Waals surface area contributed by atoms with Gasteiger partial charge in [0.05, 0.1) is 22.6 Å². The summed E-state index contributed by atoms with van der Waals surface area (Å²) in [5.41, 5.74) is 10.8. The van der Waals surface area contributed by atoms with Gasteiger partial charge in [0.15, 0.2) is 0 Å². The summed E-state index contributed by atoms with van der Waals surface area (Å²) in [7, 11) is -0.769. The molecule has 222 valence electrons. The normalized spacial score (nSPS) is 12.0. The van der Waals surface area contributed by atoms with Gasteiger partial charge in [0.1, 0.15) is 0 Å². The van der Waals surface area contributed by atoms with Gasteiger partial charge in [0.25, 0.3) is 0 Å². The molecular formula is C44H31N2P. The first kappa shape index (κ1) is 27.6. The summed E-state index contributed by atoms with van der Waals surface area (Å²) in [5.74, 6) is 0. The zero-order chi connectivity index (χ0) is 31.2. The third-order valence-electron chi connectivity index (χ3n) is 9.08. The molecule has 1 aliphatic rings. The number of rotatable bonds is 5. The van der Waals surface area contributed by atoms with Gasteiger partial charge >= 0.3 is 0 Å². The third kappa shape index (κ3) is 4.61. The number of anilines is 3. The van der Waals surface area contributed by atoms with E-state index in [0.717, 1.165) is 11.4 Å². The van der Waals surface area contributed by atoms with Crippen molar-refractivity contribution >= 4 is 51.8 Å². The molecule has 8 aromatic rings. The molecule has 2 heterocycles. The third-order valence-corrected chi connectivity index (χ3v) is 11.5. The van der Waals surface area contributed by atoms with Gasteiger partial charge in [0, 0.05) is 33.5 Å². The largest absolute Gasteiger partial charge is 0.309 e. The van der Waals surface area contributed by atoms with E-state index in [-0.39, 0.29) is 0 Å². The molecular weight excluding hydrogens is 587 g/mol. The summed E-state index contributed by atoms with van der Waals surface area (Å²) < 4.78 is 2.48. The lowest BCUT2D eigenvalue weighted by molar-refractivity contribution is 1.13. The maximum atomic E-state index is 2.48. The fourth-order valence-electron chi connectivity index (χ4n) is 7.13. The zero-order valence-corrected chi connectivity index (χ0v) is 26.6. The molecule has 7 aromatic carbocycles. The van der Waals surface area contributed by atoms with Crippen molar-refractivity contribution in [3.63, 3.8) is 0 Å². The van der Waals surface area contributed by atoms with Gasteiger partial charge in [0.2, 0.25) is 0 Å². The fraction of sp³-hybridized carbons (Fsp3) is 0. The van der Waals surface area contributed by atoms with Gasteiger partial charge < -0.3 is 9.47 Å². The predicted octanol–water partition coefficient (Wildman–Crippen LogP) is 10.5. The molecule has 0 saturated carbocycles. The number of para-hydroxylation sites is 4. The maximum absolute atomic E-state index is 2.48. The highest BCUT2D eigenvalue weighted by atomic mass is 31.1. The Bertz CT molecular complexity index is 2310. The van der Waals surface area contributed by atoms with Crippen LogP contribution in [0.2, 0.25) is 0 Å². The van der Waals surface area contributed by atoms with E-state index in [2.05, 4.69) is 198 Å². The smallest absolute Gasteiger partial charge is 0.0641 e. The van der Waals surface area contributed by atoms with Gasteiger partial charge in [-0.15, -0.1) is 0 Å². The van der Waals surface area contributed by atoms with Gasteiger partial charge in [-0.1, -0.05) is 140 Å². The number of fused-ring (bicyclic) bond motifs is 7. The van der Waals surface area contributed by atoms with Gasteiger partial charge in [-0.05, 0) is 72.4 Å². The molecule has 0 radical (unpaired) electrons. The van der Waals surface area contributed by atoms with Crippen molar-refractivity contribution in [1.82, 2.24) is 4.57 Å². The summed E-state index contributed by atoms with van der Waals surface area (Å²) in [6.07, 6.45) is 0. The average molecular weight is 619 g/mol. The van der Waals surface area contributed by atoms with Crippen LogP contribution in [0.1, 0.15) is 0 Å². The number of aromatic nitrogens is 1. The second-order valence-corrected chi connectivity index (χ2v) is 14.0. The van der Waals surface area contributed by atoms with E-state index in [4.69, 9.17) is 0 Å². The number of benzene rings is 7. The molecule has 0 atom stereocenters. The monoisotopic (exact) mass is 618 g/mol. The molecule has 0 saturated heterocycles. The van der Waals surface area contributed by atoms with Crippen LogP contribution < -0.4 is 20.8 Å². The van der Waals surface area contributed by atoms with E-state index in [1.807, 2.05) is 0 Å². The topological polar surface area (TPSA) is 8.17 Å². The molecule has 0 spiro atoms. The lowest BCUT2D eigenvalue weighted by atomic mass is 9.98. The van der Waals surface area contributed by atoms with Crippen LogP contribution >= 0.6 is 7.92 Å². The average Bonchev–Trinajstić information content (AvgIpc) is 3.42. The first-order valence-electron chi connectivity index (χ1n) is 16.0. The van der Waals surface area contributed by atoms with Crippen molar-refractivity contribution in [3.05, 3.63) is 188 Å². The Morgan fingerprint density at radius 3 is 1.49 bits per heavy atom. The van der Waals surface area contributed by atoms with Crippen molar-refractivity contribution in [1.29, 1.82) is 0 Å². The van der Waals surface area contributed by atoms with Gasteiger partial charge in [-0.3, -0.25) is 0 Å². The van der Waals surface area contributed by atoms with Crippen LogP contribution in [-0.2, 0) is 0 Å². The Morgan fingerprint density at radius 2 is 0.872 bits per heavy atom. The van der Waals surface area contributed by atoms with E-state index in [9.17, 15) is 0 Å². The highest BCUT2D eigenvalue weighted by Gasteiger charge is 2.31. The minimum atomic E-state index is -0.769. The Labute approximate surface area is 276 Å². The summed E-state index contributed by atoms with van der Waals surface area (Å²) in [4.78, 5) is 2.43. The molecule has 3 heteroatoms. The van der Waals surface area contributed by atoms with Crippen LogP contribution in [0.3, 0.4) is 0 Å². The maximum Gasteiger partial charge on any atom is 0.0641 e. The number of nitrogens with zero attached hydrogens (tertiary/aromatic N) is 2. The first-order valence-corrected chi connectivity index (χ1v) is 17.4. The minimum absolute atomic E-state index is 0.769. The van der Waals surface area contributed by atoms with E-state index in [1.165, 1.54) is 60.6 Å². The molecule has 2 nitrogen and oxygen atoms in total. The SMILES string of the molecule is c1ccc(N2c3ccccc3-c3c(n(-c4ccccc4)c4ccc(P(c5ccccc5)c5ccccc5)cc34)-c3ccccc32)cc1. The van der Waals surface area contributed by atoms with Crippen LogP contribution in [0.4, 0.5) is 17.1 Å². The van der Waals surface area contributed by atoms with Crippen molar-refractivity contribution in [3.8, 4) is 28.1 Å². The summed E-state index contributed by atoms with van der Waals surface area (Å²) in [6.45, 7) is 0. The van der Waals surface area contributed by atoms with Crippen LogP contribution in [0, 0.1) is 0 Å². The standard InChI is InChI=1S/C44H31N2P/c1-5-17-32(18-6-1)45-40-27-15-13-25-37(40)43-39-31-36(47(34-21-9-3-10-22-34)35-23-11-4-12-24-35)29-30-42(39)46(33-19-7-2-8-20-33)44(43)38-26-14-16-28-41(38)45/h1-31H. The van der Waals surface area contributed by atoms with Gasteiger partial charge in [-0.25, -0.2) is 0 Å². The van der Waals surface area contributed by atoms with Crippen molar-refractivity contribution in [2.45, 2.75) is 0 Å². The Balaban J connectivity index is 1.41. The predicted molar refractivity (Wildman–Crippen MR) is 201 cm³/mol. The highest BCUT2D eigenvalue weighted by molar-refractivity contribution is 7.79. The molecule has 0 aliphatic carbocycles. The molecule has 0 unspecified atom stereocenters. The summed E-state index contributed by atoms with van der Waals surface area (Å²) in [6, 6.07) is 68.5. The van der Waals surface area contributed by atoms with Crippen LogP contribution in [0.25, 0.3) is 39.0 Å². The molecule has 9 rings (SSSR count). The first-order chi connectivity index (χ1) is 23.4. The van der Waals surface area contributed by atoms with Crippen LogP contribution in [-0.4, -0.2) is 4.57 Å². The highest BCUT2D eigenvalue weighted by Crippen LogP contribution is 2.54. The Morgan fingerprint density at radius 1 is 0.383 bits per heavy atom. The van der Waals surface area contributed by atoms with Crippen LogP contribution in [0.15, 0.2) is 188 Å². The Hall–Kier alpha value is -5.69. The van der Waals surface area contributed by atoms with E-state index < -0.39 is 7.92 Å². The number of hydrogen-bond acceptors (Lipinski definition) is 1. The zero-order valence-electron chi connectivity index (χ0n) is 25.7. The van der Waals surface area contributed by atoms with Crippen LogP contribution in [0.5, 0.6) is 0 Å².